The van der Waals surface area contributed by atoms with E-state index in [0.29, 0.717) is 12.6 Å². The van der Waals surface area contributed by atoms with E-state index in [0.717, 1.165) is 0 Å². The van der Waals surface area contributed by atoms with Crippen LogP contribution in [0.2, 0.25) is 0 Å². The van der Waals surface area contributed by atoms with E-state index in [9.17, 15) is 4.79 Å². The van der Waals surface area contributed by atoms with Gasteiger partial charge in [0.15, 0.2) is 0 Å². The van der Waals surface area contributed by atoms with Crippen molar-refractivity contribution >= 4 is 17.6 Å². The SMILES string of the molecule is CN(CC(Cl)C(=O)O)C1CC1. The summed E-state index contributed by atoms with van der Waals surface area (Å²) in [5, 5.41) is 7.71. The van der Waals surface area contributed by atoms with Crippen LogP contribution in [0, 0.1) is 0 Å². The molecule has 11 heavy (non-hydrogen) atoms. The highest BCUT2D eigenvalue weighted by atomic mass is 35.5. The minimum absolute atomic E-state index is 0.446. The number of hydrogen-bond donors (Lipinski definition) is 1. The van der Waals surface area contributed by atoms with Crippen molar-refractivity contribution in [1.29, 1.82) is 0 Å². The molecule has 0 spiro atoms. The monoisotopic (exact) mass is 177 g/mol. The number of halogens is 1. The number of carboxylic acid groups (broad SMARTS) is 1. The van der Waals surface area contributed by atoms with E-state index in [1.165, 1.54) is 12.8 Å². The molecule has 0 radical (unpaired) electrons. The van der Waals surface area contributed by atoms with E-state index >= 15 is 0 Å². The first-order valence-corrected chi connectivity index (χ1v) is 4.12. The third-order valence-electron chi connectivity index (χ3n) is 1.89. The van der Waals surface area contributed by atoms with E-state index in [2.05, 4.69) is 0 Å². The van der Waals surface area contributed by atoms with Crippen LogP contribution in [0.1, 0.15) is 12.8 Å². The van der Waals surface area contributed by atoms with E-state index < -0.39 is 11.3 Å². The lowest BCUT2D eigenvalue weighted by Gasteiger charge is -2.16. The summed E-state index contributed by atoms with van der Waals surface area (Å²) >= 11 is 5.54. The summed E-state index contributed by atoms with van der Waals surface area (Å²) in [7, 11) is 1.91. The van der Waals surface area contributed by atoms with Gasteiger partial charge in [-0.25, -0.2) is 0 Å². The van der Waals surface area contributed by atoms with Gasteiger partial charge in [-0.3, -0.25) is 4.79 Å². The first-order valence-electron chi connectivity index (χ1n) is 3.68. The van der Waals surface area contributed by atoms with Crippen molar-refractivity contribution in [2.45, 2.75) is 24.3 Å². The van der Waals surface area contributed by atoms with Crippen LogP contribution < -0.4 is 0 Å². The topological polar surface area (TPSA) is 40.5 Å². The van der Waals surface area contributed by atoms with Crippen molar-refractivity contribution in [3.8, 4) is 0 Å². The molecule has 0 heterocycles. The lowest BCUT2D eigenvalue weighted by molar-refractivity contribution is -0.136. The number of carbonyl (C=O) groups is 1. The summed E-state index contributed by atoms with van der Waals surface area (Å²) in [6.07, 6.45) is 2.36. The molecule has 0 aromatic carbocycles. The Hall–Kier alpha value is -0.280. The molecule has 3 nitrogen and oxygen atoms in total. The van der Waals surface area contributed by atoms with E-state index in [4.69, 9.17) is 16.7 Å². The van der Waals surface area contributed by atoms with Gasteiger partial charge in [0, 0.05) is 12.6 Å². The van der Waals surface area contributed by atoms with Gasteiger partial charge < -0.3 is 10.0 Å². The smallest absolute Gasteiger partial charge is 0.322 e. The van der Waals surface area contributed by atoms with Crippen LogP contribution in [-0.2, 0) is 4.79 Å². The Bertz CT molecular complexity index is 159. The molecule has 1 N–H and O–H groups in total. The van der Waals surface area contributed by atoms with Crippen molar-refractivity contribution in [3.63, 3.8) is 0 Å². The number of rotatable bonds is 4. The Kier molecular flexibility index (Phi) is 2.73. The summed E-state index contributed by atoms with van der Waals surface area (Å²) in [6, 6.07) is 0.579. The van der Waals surface area contributed by atoms with Gasteiger partial charge in [0.05, 0.1) is 0 Å². The molecule has 1 unspecified atom stereocenters. The Labute approximate surface area is 70.9 Å². The number of hydrogen-bond acceptors (Lipinski definition) is 2. The van der Waals surface area contributed by atoms with Crippen molar-refractivity contribution in [2.24, 2.45) is 0 Å². The highest BCUT2D eigenvalue weighted by molar-refractivity contribution is 6.29. The predicted octanol–water partition coefficient (Wildman–Crippen LogP) is 0.773. The fourth-order valence-electron chi connectivity index (χ4n) is 0.995. The van der Waals surface area contributed by atoms with Crippen LogP contribution in [-0.4, -0.2) is 41.0 Å². The van der Waals surface area contributed by atoms with Gasteiger partial charge in [-0.2, -0.15) is 0 Å². The van der Waals surface area contributed by atoms with Gasteiger partial charge in [0.25, 0.3) is 0 Å². The number of aliphatic carboxylic acids is 1. The maximum absolute atomic E-state index is 10.3. The minimum atomic E-state index is -0.931. The lowest BCUT2D eigenvalue weighted by atomic mass is 10.4. The first kappa shape index (κ1) is 8.81. The van der Waals surface area contributed by atoms with Crippen LogP contribution in [0.5, 0.6) is 0 Å². The Morgan fingerprint density at radius 3 is 2.73 bits per heavy atom. The quantitative estimate of drug-likeness (QED) is 0.645. The molecule has 64 valence electrons. The van der Waals surface area contributed by atoms with E-state index in [1.807, 2.05) is 11.9 Å². The summed E-state index contributed by atoms with van der Waals surface area (Å²) in [6.45, 7) is 0.446. The third kappa shape index (κ3) is 2.67. The van der Waals surface area contributed by atoms with Crippen molar-refractivity contribution in [3.05, 3.63) is 0 Å². The molecule has 0 amide bonds. The first-order chi connectivity index (χ1) is 5.11. The van der Waals surface area contributed by atoms with Gasteiger partial charge in [0.1, 0.15) is 5.38 Å². The molecule has 1 aliphatic carbocycles. The fourth-order valence-corrected chi connectivity index (χ4v) is 1.21. The summed E-state index contributed by atoms with van der Waals surface area (Å²) in [4.78, 5) is 12.3. The van der Waals surface area contributed by atoms with Gasteiger partial charge in [0.2, 0.25) is 0 Å². The molecular weight excluding hydrogens is 166 g/mol. The van der Waals surface area contributed by atoms with Gasteiger partial charge in [-0.1, -0.05) is 0 Å². The van der Waals surface area contributed by atoms with E-state index in [-0.39, 0.29) is 0 Å². The normalized spacial score (nSPS) is 20.3. The number of carboxylic acids is 1. The van der Waals surface area contributed by atoms with Crippen LogP contribution in [0.4, 0.5) is 0 Å². The lowest BCUT2D eigenvalue weighted by Crippen LogP contribution is -2.32. The average Bonchev–Trinajstić information content (AvgIpc) is 2.67. The maximum Gasteiger partial charge on any atom is 0.322 e. The Morgan fingerprint density at radius 1 is 1.82 bits per heavy atom. The zero-order valence-corrected chi connectivity index (χ0v) is 7.21. The summed E-state index contributed by atoms with van der Waals surface area (Å²) in [5.41, 5.74) is 0. The molecule has 0 bridgehead atoms. The molecule has 1 rings (SSSR count). The van der Waals surface area contributed by atoms with E-state index in [1.54, 1.807) is 0 Å². The average molecular weight is 178 g/mol. The van der Waals surface area contributed by atoms with Crippen LogP contribution in [0.15, 0.2) is 0 Å². The second kappa shape index (κ2) is 3.41. The second-order valence-electron chi connectivity index (χ2n) is 2.98. The van der Waals surface area contributed by atoms with Gasteiger partial charge in [-0.15, -0.1) is 11.6 Å². The van der Waals surface area contributed by atoms with Crippen LogP contribution in [0.3, 0.4) is 0 Å². The second-order valence-corrected chi connectivity index (χ2v) is 3.50. The zero-order chi connectivity index (χ0) is 8.43. The molecule has 0 aromatic rings. The summed E-state index contributed by atoms with van der Waals surface area (Å²) in [5.74, 6) is -0.931. The standard InChI is InChI=1S/C7H12ClNO2/c1-9(5-2-3-5)4-6(8)7(10)11/h5-6H,2-4H2,1H3,(H,10,11). The predicted molar refractivity (Wildman–Crippen MR) is 42.9 cm³/mol. The largest absolute Gasteiger partial charge is 0.480 e. The summed E-state index contributed by atoms with van der Waals surface area (Å²) < 4.78 is 0. The molecule has 4 heteroatoms. The number of alkyl halides is 1. The Balaban J connectivity index is 2.22. The maximum atomic E-state index is 10.3. The Morgan fingerprint density at radius 2 is 2.36 bits per heavy atom. The van der Waals surface area contributed by atoms with Crippen molar-refractivity contribution < 1.29 is 9.90 Å². The molecule has 0 aromatic heterocycles. The minimum Gasteiger partial charge on any atom is -0.480 e. The van der Waals surface area contributed by atoms with Crippen molar-refractivity contribution in [2.75, 3.05) is 13.6 Å². The van der Waals surface area contributed by atoms with Crippen LogP contribution >= 0.6 is 11.6 Å². The number of nitrogens with zero attached hydrogens (tertiary/aromatic N) is 1. The molecule has 0 aliphatic heterocycles. The highest BCUT2D eigenvalue weighted by Gasteiger charge is 2.28. The van der Waals surface area contributed by atoms with Crippen LogP contribution in [0.25, 0.3) is 0 Å². The molecule has 1 saturated carbocycles. The molecule has 0 saturated heterocycles. The van der Waals surface area contributed by atoms with Crippen molar-refractivity contribution in [1.82, 2.24) is 4.90 Å². The van der Waals surface area contributed by atoms with Gasteiger partial charge in [-0.05, 0) is 19.9 Å². The fraction of sp³-hybridized carbons (Fsp3) is 0.857. The molecular formula is C7H12ClNO2. The third-order valence-corrected chi connectivity index (χ3v) is 2.21. The van der Waals surface area contributed by atoms with Gasteiger partial charge >= 0.3 is 5.97 Å². The molecule has 1 fully saturated rings. The zero-order valence-electron chi connectivity index (χ0n) is 6.46. The molecule has 1 atom stereocenters. The molecule has 1 aliphatic rings. The highest BCUT2D eigenvalue weighted by Crippen LogP contribution is 2.25.